The van der Waals surface area contributed by atoms with Crippen molar-refractivity contribution in [3.05, 3.63) is 108 Å². The minimum absolute atomic E-state index is 0.160. The molecule has 0 saturated carbocycles. The number of benzene rings is 4. The first-order valence-electron chi connectivity index (χ1n) is 11.4. The highest BCUT2D eigenvalue weighted by molar-refractivity contribution is 6.05. The van der Waals surface area contributed by atoms with Gasteiger partial charge in [-0.15, -0.1) is 0 Å². The number of hydrogen-bond acceptors (Lipinski definition) is 5. The van der Waals surface area contributed by atoms with Crippen molar-refractivity contribution in [3.63, 3.8) is 0 Å². The largest absolute Gasteiger partial charge is 0.378 e. The molecule has 4 aromatic rings. The van der Waals surface area contributed by atoms with E-state index in [1.54, 1.807) is 24.3 Å². The van der Waals surface area contributed by atoms with E-state index in [2.05, 4.69) is 27.7 Å². The molecule has 7 heteroatoms. The Kier molecular flexibility index (Phi) is 7.41. The fourth-order valence-corrected chi connectivity index (χ4v) is 3.48. The van der Waals surface area contributed by atoms with Crippen molar-refractivity contribution in [1.29, 1.82) is 0 Å². The summed E-state index contributed by atoms with van der Waals surface area (Å²) in [4.78, 5) is 30.8. The average molecular weight is 478 g/mol. The van der Waals surface area contributed by atoms with E-state index in [1.165, 1.54) is 0 Å². The fraction of sp³-hybridized carbons (Fsp3) is 0.0690. The maximum Gasteiger partial charge on any atom is 0.255 e. The van der Waals surface area contributed by atoms with Gasteiger partial charge < -0.3 is 20.9 Å². The standard InChI is InChI=1S/C29H27N5O2/c1-30-22-8-4-20(5-9-22)28(35)32-25-14-10-23(11-15-25)31-24-12-16-26(17-13-24)33-29(36)21-6-18-27(19-7-21)34(2)3/h4-19,31H,1H2,2-3H3,(H,32,35)(H,33,36). The monoisotopic (exact) mass is 477 g/mol. The maximum atomic E-state index is 12.5. The molecule has 4 aromatic carbocycles. The zero-order valence-electron chi connectivity index (χ0n) is 20.2. The van der Waals surface area contributed by atoms with E-state index < -0.39 is 0 Å². The molecule has 4 rings (SSSR count). The summed E-state index contributed by atoms with van der Waals surface area (Å²) in [6.07, 6.45) is 0. The molecule has 0 aliphatic heterocycles. The first-order chi connectivity index (χ1) is 17.4. The first-order valence-corrected chi connectivity index (χ1v) is 11.4. The van der Waals surface area contributed by atoms with E-state index in [-0.39, 0.29) is 11.8 Å². The minimum atomic E-state index is -0.197. The summed E-state index contributed by atoms with van der Waals surface area (Å²) < 4.78 is 0. The minimum Gasteiger partial charge on any atom is -0.378 e. The number of rotatable bonds is 8. The molecule has 0 heterocycles. The van der Waals surface area contributed by atoms with Crippen LogP contribution in [0.3, 0.4) is 0 Å². The number of amides is 2. The molecule has 0 bridgehead atoms. The lowest BCUT2D eigenvalue weighted by molar-refractivity contribution is 0.101. The predicted octanol–water partition coefficient (Wildman–Crippen LogP) is 6.33. The number of nitrogens with zero attached hydrogens (tertiary/aromatic N) is 2. The molecule has 0 spiro atoms. The van der Waals surface area contributed by atoms with Gasteiger partial charge in [-0.05, 0) is 104 Å². The number of carbonyl (C=O) groups is 2. The quantitative estimate of drug-likeness (QED) is 0.259. The van der Waals surface area contributed by atoms with Gasteiger partial charge in [0.15, 0.2) is 0 Å². The second-order valence-corrected chi connectivity index (χ2v) is 8.33. The predicted molar refractivity (Wildman–Crippen MR) is 148 cm³/mol. The van der Waals surface area contributed by atoms with Gasteiger partial charge in [-0.1, -0.05) is 0 Å². The van der Waals surface area contributed by atoms with Crippen LogP contribution < -0.4 is 20.9 Å². The fourth-order valence-electron chi connectivity index (χ4n) is 3.48. The van der Waals surface area contributed by atoms with Crippen molar-refractivity contribution < 1.29 is 9.59 Å². The van der Waals surface area contributed by atoms with Gasteiger partial charge in [-0.3, -0.25) is 14.6 Å². The molecule has 0 fully saturated rings. The Morgan fingerprint density at radius 3 is 1.39 bits per heavy atom. The normalized spacial score (nSPS) is 10.3. The van der Waals surface area contributed by atoms with Gasteiger partial charge in [0.1, 0.15) is 0 Å². The molecule has 0 unspecified atom stereocenters. The van der Waals surface area contributed by atoms with Gasteiger partial charge in [0.2, 0.25) is 0 Å². The molecule has 0 aliphatic carbocycles. The molecule has 0 aromatic heterocycles. The summed E-state index contributed by atoms with van der Waals surface area (Å²) in [5.74, 6) is -0.357. The van der Waals surface area contributed by atoms with Gasteiger partial charge in [-0.25, -0.2) is 0 Å². The molecule has 0 aliphatic rings. The Morgan fingerprint density at radius 1 is 0.611 bits per heavy atom. The Balaban J connectivity index is 1.31. The smallest absolute Gasteiger partial charge is 0.255 e. The van der Waals surface area contributed by atoms with Gasteiger partial charge in [0.25, 0.3) is 11.8 Å². The zero-order valence-corrected chi connectivity index (χ0v) is 20.2. The lowest BCUT2D eigenvalue weighted by atomic mass is 10.1. The molecular weight excluding hydrogens is 450 g/mol. The lowest BCUT2D eigenvalue weighted by Crippen LogP contribution is -2.13. The highest BCUT2D eigenvalue weighted by atomic mass is 16.2. The summed E-state index contributed by atoms with van der Waals surface area (Å²) in [5.41, 5.74) is 6.03. The molecule has 2 amide bonds. The molecule has 0 radical (unpaired) electrons. The van der Waals surface area contributed by atoms with Crippen LogP contribution in [0.15, 0.2) is 102 Å². The van der Waals surface area contributed by atoms with Gasteiger partial charge in [0, 0.05) is 53.7 Å². The summed E-state index contributed by atoms with van der Waals surface area (Å²) in [6.45, 7) is 3.47. The molecule has 0 atom stereocenters. The molecular formula is C29H27N5O2. The van der Waals surface area contributed by atoms with E-state index in [0.29, 0.717) is 28.2 Å². The van der Waals surface area contributed by atoms with Crippen LogP contribution in [0, 0.1) is 0 Å². The number of nitrogens with one attached hydrogen (secondary N) is 3. The van der Waals surface area contributed by atoms with Crippen molar-refractivity contribution >= 4 is 52.7 Å². The Morgan fingerprint density at radius 2 is 1.00 bits per heavy atom. The number of aliphatic imine (C=N–C) groups is 1. The van der Waals surface area contributed by atoms with Crippen molar-refractivity contribution in [2.24, 2.45) is 4.99 Å². The van der Waals surface area contributed by atoms with Crippen LogP contribution in [0.5, 0.6) is 0 Å². The topological polar surface area (TPSA) is 85.8 Å². The summed E-state index contributed by atoms with van der Waals surface area (Å²) in [7, 11) is 3.92. The second-order valence-electron chi connectivity index (χ2n) is 8.33. The first kappa shape index (κ1) is 24.2. The maximum absolute atomic E-state index is 12.5. The van der Waals surface area contributed by atoms with Crippen molar-refractivity contribution in [3.8, 4) is 0 Å². The average Bonchev–Trinajstić information content (AvgIpc) is 2.91. The number of hydrogen-bond donors (Lipinski definition) is 3. The van der Waals surface area contributed by atoms with Crippen LogP contribution in [0.1, 0.15) is 20.7 Å². The Labute approximate surface area is 210 Å². The van der Waals surface area contributed by atoms with E-state index in [9.17, 15) is 9.59 Å². The number of anilines is 5. The van der Waals surface area contributed by atoms with Crippen LogP contribution in [-0.4, -0.2) is 32.6 Å². The number of carbonyl (C=O) groups excluding carboxylic acids is 2. The van der Waals surface area contributed by atoms with Gasteiger partial charge in [-0.2, -0.15) is 0 Å². The van der Waals surface area contributed by atoms with Gasteiger partial charge in [0.05, 0.1) is 5.69 Å². The molecule has 180 valence electrons. The van der Waals surface area contributed by atoms with Crippen LogP contribution in [0.25, 0.3) is 0 Å². The van der Waals surface area contributed by atoms with Crippen LogP contribution >= 0.6 is 0 Å². The molecule has 3 N–H and O–H groups in total. The highest BCUT2D eigenvalue weighted by Crippen LogP contribution is 2.22. The van der Waals surface area contributed by atoms with E-state index in [0.717, 1.165) is 17.1 Å². The Bertz CT molecular complexity index is 1350. The third-order valence-corrected chi connectivity index (χ3v) is 5.53. The van der Waals surface area contributed by atoms with Crippen molar-refractivity contribution in [1.82, 2.24) is 0 Å². The molecule has 7 nitrogen and oxygen atoms in total. The third kappa shape index (κ3) is 6.15. The highest BCUT2D eigenvalue weighted by Gasteiger charge is 2.08. The van der Waals surface area contributed by atoms with Crippen molar-refractivity contribution in [2.75, 3.05) is 34.9 Å². The van der Waals surface area contributed by atoms with E-state index >= 15 is 0 Å². The van der Waals surface area contributed by atoms with Crippen LogP contribution in [0.2, 0.25) is 0 Å². The van der Waals surface area contributed by atoms with Crippen LogP contribution in [0.4, 0.5) is 34.1 Å². The van der Waals surface area contributed by atoms with E-state index in [1.807, 2.05) is 91.8 Å². The Hall–Kier alpha value is -4.91. The van der Waals surface area contributed by atoms with Gasteiger partial charge >= 0.3 is 0 Å². The molecule has 36 heavy (non-hydrogen) atoms. The van der Waals surface area contributed by atoms with E-state index in [4.69, 9.17) is 0 Å². The third-order valence-electron chi connectivity index (χ3n) is 5.53. The zero-order chi connectivity index (χ0) is 25.5. The summed E-state index contributed by atoms with van der Waals surface area (Å²) in [6, 6.07) is 29.2. The lowest BCUT2D eigenvalue weighted by Gasteiger charge is -2.13. The van der Waals surface area contributed by atoms with Crippen LogP contribution in [-0.2, 0) is 0 Å². The summed E-state index contributed by atoms with van der Waals surface area (Å²) in [5, 5.41) is 9.10. The van der Waals surface area contributed by atoms with Crippen molar-refractivity contribution in [2.45, 2.75) is 0 Å². The second kappa shape index (κ2) is 11.0. The molecule has 0 saturated heterocycles. The summed E-state index contributed by atoms with van der Waals surface area (Å²) >= 11 is 0. The SMILES string of the molecule is C=Nc1ccc(C(=O)Nc2ccc(Nc3ccc(NC(=O)c4ccc(N(C)C)cc4)cc3)cc2)cc1.